The minimum absolute atomic E-state index is 0.144. The van der Waals surface area contributed by atoms with Gasteiger partial charge in [0, 0.05) is 26.3 Å². The average Bonchev–Trinajstić information content (AvgIpc) is 3.01. The van der Waals surface area contributed by atoms with Gasteiger partial charge < -0.3 is 14.7 Å². The van der Waals surface area contributed by atoms with E-state index in [1.54, 1.807) is 13.8 Å². The second-order valence-electron chi connectivity index (χ2n) is 6.74. The number of aromatic nitrogens is 2. The highest BCUT2D eigenvalue weighted by Gasteiger charge is 2.21. The summed E-state index contributed by atoms with van der Waals surface area (Å²) in [5, 5.41) is 2.72. The van der Waals surface area contributed by atoms with E-state index in [0.29, 0.717) is 16.5 Å². The molecule has 0 atom stereocenters. The third-order valence-electron chi connectivity index (χ3n) is 5.18. The number of hydrogen-bond donors (Lipinski definition) is 2. The first-order valence-corrected chi connectivity index (χ1v) is 9.58. The molecule has 4 aromatic rings. The molecule has 0 saturated heterocycles. The Morgan fingerprint density at radius 2 is 1.70 bits per heavy atom. The fourth-order valence-corrected chi connectivity index (χ4v) is 4.19. The molecule has 0 fully saturated rings. The van der Waals surface area contributed by atoms with Crippen LogP contribution in [-0.2, 0) is 4.74 Å². The normalized spacial score (nSPS) is 11.6. The monoisotopic (exact) mass is 426 g/mol. The Hall–Kier alpha value is -2.60. The van der Waals surface area contributed by atoms with Crippen LogP contribution in [-0.4, -0.2) is 22.5 Å². The molecule has 0 amide bonds. The first-order chi connectivity index (χ1) is 12.8. The van der Waals surface area contributed by atoms with Crippen molar-refractivity contribution in [2.24, 2.45) is 0 Å². The minimum atomic E-state index is -0.507. The molecule has 2 aromatic carbocycles. The number of esters is 1. The molecule has 27 heavy (non-hydrogen) atoms. The van der Waals surface area contributed by atoms with E-state index < -0.39 is 5.97 Å². The number of ether oxygens (including phenoxy) is 1. The Bertz CT molecular complexity index is 1310. The van der Waals surface area contributed by atoms with Crippen LogP contribution >= 0.6 is 15.9 Å². The maximum atomic E-state index is 13.1. The summed E-state index contributed by atoms with van der Waals surface area (Å²) in [6.45, 7) is 7.57. The van der Waals surface area contributed by atoms with Crippen LogP contribution in [0.3, 0.4) is 0 Å². The highest BCUT2D eigenvalue weighted by atomic mass is 79.9. The van der Waals surface area contributed by atoms with Crippen molar-refractivity contribution in [2.75, 3.05) is 6.61 Å². The summed E-state index contributed by atoms with van der Waals surface area (Å²) < 4.78 is 6.10. The zero-order valence-corrected chi connectivity index (χ0v) is 17.1. The second kappa shape index (κ2) is 6.23. The molecule has 0 radical (unpaired) electrons. The number of H-pyrrole nitrogens is 2. The number of aromatic amines is 2. The molecule has 0 spiro atoms. The highest BCUT2D eigenvalue weighted by molar-refractivity contribution is 9.10. The summed E-state index contributed by atoms with van der Waals surface area (Å²) in [6.07, 6.45) is 0. The molecule has 0 saturated carbocycles. The average molecular weight is 427 g/mol. The minimum Gasteiger partial charge on any atom is -0.461 e. The van der Waals surface area contributed by atoms with Crippen LogP contribution in [0.15, 0.2) is 27.5 Å². The molecule has 6 heteroatoms. The van der Waals surface area contributed by atoms with Crippen LogP contribution in [0, 0.1) is 20.8 Å². The van der Waals surface area contributed by atoms with Gasteiger partial charge in [-0.25, -0.2) is 4.79 Å². The van der Waals surface area contributed by atoms with Crippen LogP contribution in [0.5, 0.6) is 0 Å². The summed E-state index contributed by atoms with van der Waals surface area (Å²) in [5.41, 5.74) is 4.88. The Morgan fingerprint density at radius 1 is 1.04 bits per heavy atom. The summed E-state index contributed by atoms with van der Waals surface area (Å²) in [7, 11) is 0. The first-order valence-electron chi connectivity index (χ1n) is 8.79. The number of benzene rings is 2. The van der Waals surface area contributed by atoms with Gasteiger partial charge in [0.15, 0.2) is 5.43 Å². The lowest BCUT2D eigenvalue weighted by molar-refractivity contribution is 0.0519. The van der Waals surface area contributed by atoms with E-state index in [1.807, 2.05) is 26.0 Å². The van der Waals surface area contributed by atoms with Gasteiger partial charge in [-0.05, 0) is 57.0 Å². The summed E-state index contributed by atoms with van der Waals surface area (Å²) in [5.74, 6) is -0.507. The van der Waals surface area contributed by atoms with E-state index in [0.717, 1.165) is 37.4 Å². The van der Waals surface area contributed by atoms with Gasteiger partial charge in [-0.15, -0.1) is 0 Å². The number of aryl methyl sites for hydroxylation is 2. The molecule has 0 aliphatic heterocycles. The van der Waals surface area contributed by atoms with Gasteiger partial charge in [-0.2, -0.15) is 0 Å². The molecule has 0 aliphatic rings. The lowest BCUT2D eigenvalue weighted by Crippen LogP contribution is -2.18. The Balaban J connectivity index is 2.22. The molecule has 2 N–H and O–H groups in total. The van der Waals surface area contributed by atoms with Gasteiger partial charge in [-0.3, -0.25) is 4.79 Å². The number of carbonyl (C=O) groups excluding carboxylic acids is 1. The maximum Gasteiger partial charge on any atom is 0.355 e. The molecule has 4 rings (SSSR count). The molecular formula is C21H19BrN2O3. The second-order valence-corrected chi connectivity index (χ2v) is 7.66. The van der Waals surface area contributed by atoms with E-state index in [9.17, 15) is 9.59 Å². The van der Waals surface area contributed by atoms with E-state index in [1.165, 1.54) is 0 Å². The number of hydrogen-bond acceptors (Lipinski definition) is 3. The third-order valence-corrected chi connectivity index (χ3v) is 5.68. The molecule has 2 aromatic heterocycles. The van der Waals surface area contributed by atoms with Crippen molar-refractivity contribution < 1.29 is 9.53 Å². The van der Waals surface area contributed by atoms with Gasteiger partial charge in [0.25, 0.3) is 0 Å². The quantitative estimate of drug-likeness (QED) is 0.441. The van der Waals surface area contributed by atoms with Crippen molar-refractivity contribution in [1.29, 1.82) is 0 Å². The standard InChI is InChI=1S/C21H19BrN2O3/c1-5-27-21(26)19-11(4)20(25)16-10(3)17-15(9(2)18(16)24-19)13-8-12(22)6-7-14(13)23-17/h6-8,23H,5H2,1-4H3,(H,24,25). The number of pyridine rings is 1. The van der Waals surface area contributed by atoms with Gasteiger partial charge in [0.2, 0.25) is 0 Å². The van der Waals surface area contributed by atoms with Crippen molar-refractivity contribution in [3.05, 3.63) is 55.3 Å². The zero-order valence-electron chi connectivity index (χ0n) is 15.5. The van der Waals surface area contributed by atoms with Gasteiger partial charge >= 0.3 is 5.97 Å². The number of halogens is 1. The van der Waals surface area contributed by atoms with Crippen LogP contribution < -0.4 is 5.43 Å². The lowest BCUT2D eigenvalue weighted by atomic mass is 9.97. The van der Waals surface area contributed by atoms with E-state index >= 15 is 0 Å². The number of fused-ring (bicyclic) bond motifs is 4. The van der Waals surface area contributed by atoms with Crippen molar-refractivity contribution in [3.63, 3.8) is 0 Å². The van der Waals surface area contributed by atoms with E-state index in [2.05, 4.69) is 32.0 Å². The molecule has 0 unspecified atom stereocenters. The smallest absolute Gasteiger partial charge is 0.355 e. The van der Waals surface area contributed by atoms with Crippen molar-refractivity contribution in [2.45, 2.75) is 27.7 Å². The number of rotatable bonds is 2. The SMILES string of the molecule is CCOC(=O)c1[nH]c2c(C)c3c([nH]c4ccc(Br)cc43)c(C)c2c(=O)c1C. The highest BCUT2D eigenvalue weighted by Crippen LogP contribution is 2.36. The van der Waals surface area contributed by atoms with E-state index in [-0.39, 0.29) is 17.7 Å². The van der Waals surface area contributed by atoms with Crippen molar-refractivity contribution in [1.82, 2.24) is 9.97 Å². The fourth-order valence-electron chi connectivity index (χ4n) is 3.83. The van der Waals surface area contributed by atoms with Crippen LogP contribution in [0.1, 0.15) is 34.1 Å². The van der Waals surface area contributed by atoms with E-state index in [4.69, 9.17) is 4.74 Å². The van der Waals surface area contributed by atoms with Gasteiger partial charge in [0.05, 0.1) is 23.0 Å². The summed E-state index contributed by atoms with van der Waals surface area (Å²) >= 11 is 3.53. The number of carbonyl (C=O) groups is 1. The fraction of sp³-hybridized carbons (Fsp3) is 0.238. The molecule has 5 nitrogen and oxygen atoms in total. The Kier molecular flexibility index (Phi) is 4.11. The Labute approximate surface area is 163 Å². The zero-order chi connectivity index (χ0) is 19.5. The molecule has 0 aliphatic carbocycles. The Morgan fingerprint density at radius 3 is 2.41 bits per heavy atom. The maximum absolute atomic E-state index is 13.1. The molecule has 0 bridgehead atoms. The topological polar surface area (TPSA) is 75.0 Å². The number of nitrogens with one attached hydrogen (secondary N) is 2. The molecule has 138 valence electrons. The third kappa shape index (κ3) is 2.51. The molecular weight excluding hydrogens is 408 g/mol. The lowest BCUT2D eigenvalue weighted by Gasteiger charge is -2.13. The largest absolute Gasteiger partial charge is 0.461 e. The van der Waals surface area contributed by atoms with Crippen molar-refractivity contribution >= 4 is 54.6 Å². The van der Waals surface area contributed by atoms with Gasteiger partial charge in [0.1, 0.15) is 5.69 Å². The van der Waals surface area contributed by atoms with Crippen LogP contribution in [0.25, 0.3) is 32.7 Å². The molecule has 2 heterocycles. The van der Waals surface area contributed by atoms with Gasteiger partial charge in [-0.1, -0.05) is 15.9 Å². The first kappa shape index (κ1) is 17.8. The predicted molar refractivity (Wildman–Crippen MR) is 112 cm³/mol. The summed E-state index contributed by atoms with van der Waals surface area (Å²) in [6, 6.07) is 6.06. The van der Waals surface area contributed by atoms with Crippen LogP contribution in [0.4, 0.5) is 0 Å². The summed E-state index contributed by atoms with van der Waals surface area (Å²) in [4.78, 5) is 32.1. The predicted octanol–water partition coefficient (Wildman–Crippen LogP) is 5.03. The van der Waals surface area contributed by atoms with Crippen LogP contribution in [0.2, 0.25) is 0 Å². The van der Waals surface area contributed by atoms with Crippen molar-refractivity contribution in [3.8, 4) is 0 Å².